The predicted molar refractivity (Wildman–Crippen MR) is 139 cm³/mol. The third-order valence-corrected chi connectivity index (χ3v) is 6.46. The number of aromatic nitrogens is 2. The van der Waals surface area contributed by atoms with Crippen LogP contribution in [0.3, 0.4) is 0 Å². The first-order chi connectivity index (χ1) is 17.9. The topological polar surface area (TPSA) is 107 Å². The highest BCUT2D eigenvalue weighted by Crippen LogP contribution is 2.39. The van der Waals surface area contributed by atoms with Gasteiger partial charge >= 0.3 is 0 Å². The van der Waals surface area contributed by atoms with Crippen molar-refractivity contribution < 1.29 is 23.4 Å². The molecule has 0 radical (unpaired) electrons. The first-order valence-corrected chi connectivity index (χ1v) is 12.0. The van der Waals surface area contributed by atoms with Gasteiger partial charge in [0.2, 0.25) is 11.8 Å². The maximum Gasteiger partial charge on any atom is 0.233 e. The van der Waals surface area contributed by atoms with Crippen LogP contribution >= 0.6 is 11.3 Å². The minimum Gasteiger partial charge on any atom is -0.619 e. The lowest BCUT2D eigenvalue weighted by atomic mass is 10.2. The second-order valence-electron chi connectivity index (χ2n) is 7.97. The summed E-state index contributed by atoms with van der Waals surface area (Å²) in [6.45, 7) is 0. The molecule has 0 aliphatic rings. The fourth-order valence-electron chi connectivity index (χ4n) is 3.57. The summed E-state index contributed by atoms with van der Waals surface area (Å²) in [6, 6.07) is 19.7. The van der Waals surface area contributed by atoms with Crippen LogP contribution in [0.1, 0.15) is 6.42 Å². The van der Waals surface area contributed by atoms with Crippen molar-refractivity contribution in [2.75, 3.05) is 10.6 Å². The van der Waals surface area contributed by atoms with Gasteiger partial charge in [-0.2, -0.15) is 4.73 Å². The highest BCUT2D eigenvalue weighted by atomic mass is 32.1. The number of nitrogens with one attached hydrogen (secondary N) is 2. The monoisotopic (exact) mass is 514 g/mol. The molecule has 2 N–H and O–H groups in total. The highest BCUT2D eigenvalue weighted by molar-refractivity contribution is 7.22. The van der Waals surface area contributed by atoms with Crippen LogP contribution in [0.2, 0.25) is 0 Å². The molecule has 0 aliphatic carbocycles. The highest BCUT2D eigenvalue weighted by Gasteiger charge is 2.15. The molecule has 0 saturated carbocycles. The molecule has 0 spiro atoms. The first kappa shape index (κ1) is 23.9. The number of halogens is 1. The predicted octanol–water partition coefficient (Wildman–Crippen LogP) is 5.50. The molecule has 0 saturated heterocycles. The van der Waals surface area contributed by atoms with E-state index in [-0.39, 0.29) is 11.4 Å². The number of anilines is 2. The molecular weight excluding hydrogens is 495 g/mol. The molecule has 10 heteroatoms. The summed E-state index contributed by atoms with van der Waals surface area (Å²) in [5.41, 5.74) is 2.30. The van der Waals surface area contributed by atoms with Crippen molar-refractivity contribution >= 4 is 44.7 Å². The number of hydrogen-bond donors (Lipinski definition) is 2. The van der Waals surface area contributed by atoms with E-state index in [0.717, 1.165) is 21.2 Å². The van der Waals surface area contributed by atoms with Gasteiger partial charge in [-0.3, -0.25) is 14.6 Å². The van der Waals surface area contributed by atoms with Crippen LogP contribution in [-0.2, 0) is 9.59 Å². The van der Waals surface area contributed by atoms with E-state index in [4.69, 9.17) is 4.74 Å². The van der Waals surface area contributed by atoms with Crippen LogP contribution in [0.15, 0.2) is 91.4 Å². The minimum atomic E-state index is -0.684. The molecule has 5 aromatic rings. The van der Waals surface area contributed by atoms with Crippen LogP contribution in [0.25, 0.3) is 20.7 Å². The Labute approximate surface area is 214 Å². The minimum absolute atomic E-state index is 0.0330. The number of benzene rings is 2. The summed E-state index contributed by atoms with van der Waals surface area (Å²) >= 11 is 1.41. The summed E-state index contributed by atoms with van der Waals surface area (Å²) in [6.07, 6.45) is 3.98. The van der Waals surface area contributed by atoms with Crippen LogP contribution in [0.4, 0.5) is 15.8 Å². The van der Waals surface area contributed by atoms with E-state index in [1.165, 1.54) is 35.9 Å². The fourth-order valence-corrected chi connectivity index (χ4v) is 4.64. The number of rotatable bonds is 7. The van der Waals surface area contributed by atoms with Crippen LogP contribution < -0.4 is 20.1 Å². The lowest BCUT2D eigenvalue weighted by Crippen LogP contribution is -2.23. The summed E-state index contributed by atoms with van der Waals surface area (Å²) in [4.78, 5) is 29.5. The number of carbonyl (C=O) groups excluding carboxylic acids is 2. The van der Waals surface area contributed by atoms with Gasteiger partial charge in [-0.15, -0.1) is 11.3 Å². The largest absolute Gasteiger partial charge is 0.619 e. The van der Waals surface area contributed by atoms with Crippen molar-refractivity contribution in [2.45, 2.75) is 6.42 Å². The van der Waals surface area contributed by atoms with E-state index in [2.05, 4.69) is 15.6 Å². The van der Waals surface area contributed by atoms with E-state index >= 15 is 0 Å². The Kier molecular flexibility index (Phi) is 6.73. The van der Waals surface area contributed by atoms with Crippen molar-refractivity contribution in [2.24, 2.45) is 0 Å². The van der Waals surface area contributed by atoms with Crippen molar-refractivity contribution in [3.63, 3.8) is 0 Å². The van der Waals surface area contributed by atoms with Crippen LogP contribution in [0.5, 0.6) is 11.5 Å². The molecule has 37 heavy (non-hydrogen) atoms. The number of fused-ring (bicyclic) bond motifs is 1. The second-order valence-corrected chi connectivity index (χ2v) is 9.02. The van der Waals surface area contributed by atoms with Crippen molar-refractivity contribution in [3.8, 4) is 21.9 Å². The number of para-hydroxylation sites is 1. The number of carbonyl (C=O) groups is 2. The number of ether oxygens (including phenoxy) is 1. The molecule has 0 bridgehead atoms. The van der Waals surface area contributed by atoms with E-state index < -0.39 is 24.1 Å². The number of hydrogen-bond acceptors (Lipinski definition) is 6. The zero-order valence-corrected chi connectivity index (χ0v) is 20.0. The molecule has 0 fully saturated rings. The standard InChI is InChI=1S/C27H19FN4O4S/c28-20-14-19(31-26(34)16-25(33)30-18-4-2-1-3-5-18)6-7-22(20)36-23-8-11-29-21-15-24(37-27(21)23)17-9-12-32(35)13-10-17/h1-15H,16H2,(H,30,33)(H,31,34). The van der Waals surface area contributed by atoms with Gasteiger partial charge in [-0.1, -0.05) is 18.2 Å². The van der Waals surface area contributed by atoms with Crippen LogP contribution in [-0.4, -0.2) is 16.8 Å². The molecular formula is C27H19FN4O4S. The molecule has 0 unspecified atom stereocenters. The first-order valence-electron chi connectivity index (χ1n) is 11.1. The van der Waals surface area contributed by atoms with E-state index in [1.807, 2.05) is 12.1 Å². The molecule has 5 rings (SSSR count). The second kappa shape index (κ2) is 10.4. The molecule has 0 aliphatic heterocycles. The zero-order chi connectivity index (χ0) is 25.8. The smallest absolute Gasteiger partial charge is 0.233 e. The third-order valence-electron chi connectivity index (χ3n) is 5.28. The molecule has 3 heterocycles. The molecule has 2 aromatic carbocycles. The Bertz CT molecular complexity index is 1590. The van der Waals surface area contributed by atoms with Crippen molar-refractivity contribution in [1.29, 1.82) is 0 Å². The number of amides is 2. The summed E-state index contributed by atoms with van der Waals surface area (Å²) in [5, 5.41) is 16.5. The summed E-state index contributed by atoms with van der Waals surface area (Å²) in [5.74, 6) is -1.36. The Morgan fingerprint density at radius 3 is 2.38 bits per heavy atom. The average molecular weight is 515 g/mol. The van der Waals surface area contributed by atoms with Gasteiger partial charge in [0.25, 0.3) is 0 Å². The SMILES string of the molecule is O=C(CC(=O)Nc1ccc(Oc2ccnc3cc(-c4cc[n+]([O-])cc4)sc23)c(F)c1)Nc1ccccc1. The molecule has 184 valence electrons. The Hall–Kier alpha value is -4.83. The van der Waals surface area contributed by atoms with Crippen molar-refractivity contribution in [1.82, 2.24) is 4.98 Å². The lowest BCUT2D eigenvalue weighted by Gasteiger charge is -2.10. The number of nitrogens with zero attached hydrogens (tertiary/aromatic N) is 2. The fraction of sp³-hybridized carbons (Fsp3) is 0.0370. The van der Waals surface area contributed by atoms with E-state index in [1.54, 1.807) is 48.7 Å². The zero-order valence-electron chi connectivity index (χ0n) is 19.2. The van der Waals surface area contributed by atoms with Gasteiger partial charge in [-0.25, -0.2) is 4.39 Å². The molecule has 8 nitrogen and oxygen atoms in total. The maximum absolute atomic E-state index is 14.8. The third kappa shape index (κ3) is 5.71. The maximum atomic E-state index is 14.8. The van der Waals surface area contributed by atoms with E-state index in [9.17, 15) is 19.2 Å². The average Bonchev–Trinajstić information content (AvgIpc) is 3.32. The van der Waals surface area contributed by atoms with Gasteiger partial charge < -0.3 is 20.6 Å². The van der Waals surface area contributed by atoms with Crippen molar-refractivity contribution in [3.05, 3.63) is 102 Å². The van der Waals surface area contributed by atoms with Gasteiger partial charge in [0.15, 0.2) is 24.0 Å². The summed E-state index contributed by atoms with van der Waals surface area (Å²) < 4.78 is 22.1. The van der Waals surface area contributed by atoms with Gasteiger partial charge in [0.1, 0.15) is 12.2 Å². The Morgan fingerprint density at radius 1 is 0.919 bits per heavy atom. The van der Waals surface area contributed by atoms with Gasteiger partial charge in [0, 0.05) is 52.3 Å². The van der Waals surface area contributed by atoms with E-state index in [0.29, 0.717) is 21.7 Å². The molecule has 0 atom stereocenters. The quantitative estimate of drug-likeness (QED) is 0.170. The Balaban J connectivity index is 1.27. The van der Waals surface area contributed by atoms with Crippen LogP contribution in [0, 0.1) is 11.0 Å². The molecule has 3 aromatic heterocycles. The van der Waals surface area contributed by atoms with Gasteiger partial charge in [-0.05, 0) is 30.3 Å². The number of pyridine rings is 2. The lowest BCUT2D eigenvalue weighted by molar-refractivity contribution is -0.605. The Morgan fingerprint density at radius 2 is 1.65 bits per heavy atom. The van der Waals surface area contributed by atoms with Gasteiger partial charge in [0.05, 0.1) is 10.2 Å². The normalized spacial score (nSPS) is 10.7. The molecule has 2 amide bonds. The number of thiophene rings is 1. The summed E-state index contributed by atoms with van der Waals surface area (Å²) in [7, 11) is 0.